The molecular weight excluding hydrogens is 392 g/mol. The summed E-state index contributed by atoms with van der Waals surface area (Å²) in [6.45, 7) is 1.91. The van der Waals surface area contributed by atoms with E-state index in [1.165, 1.54) is 30.3 Å². The Morgan fingerprint density at radius 3 is 2.38 bits per heavy atom. The Bertz CT molecular complexity index is 1020. The van der Waals surface area contributed by atoms with Crippen molar-refractivity contribution < 1.29 is 26.8 Å². The van der Waals surface area contributed by atoms with Crippen LogP contribution in [0.2, 0.25) is 0 Å². The van der Waals surface area contributed by atoms with Crippen LogP contribution in [-0.4, -0.2) is 42.1 Å². The van der Waals surface area contributed by atoms with Gasteiger partial charge in [0.2, 0.25) is 0 Å². The second kappa shape index (κ2) is 7.26. The summed E-state index contributed by atoms with van der Waals surface area (Å²) in [4.78, 5) is 19.6. The number of aromatic nitrogens is 1. The lowest BCUT2D eigenvalue weighted by molar-refractivity contribution is -0.156. The smallest absolute Gasteiger partial charge is 0.433 e. The molecule has 0 saturated carbocycles. The third kappa shape index (κ3) is 3.96. The van der Waals surface area contributed by atoms with E-state index in [1.54, 1.807) is 17.0 Å². The van der Waals surface area contributed by atoms with Gasteiger partial charge >= 0.3 is 18.1 Å². The van der Waals surface area contributed by atoms with Gasteiger partial charge in [0, 0.05) is 31.9 Å². The van der Waals surface area contributed by atoms with Crippen LogP contribution in [0.15, 0.2) is 46.9 Å². The highest BCUT2D eigenvalue weighted by molar-refractivity contribution is 5.98. The van der Waals surface area contributed by atoms with Crippen LogP contribution in [0.4, 0.5) is 33.7 Å². The number of benzene rings is 2. The number of hydrogen-bond acceptors (Lipinski definition) is 4. The zero-order chi connectivity index (χ0) is 20.6. The van der Waals surface area contributed by atoms with Gasteiger partial charge in [0.25, 0.3) is 0 Å². The second-order valence-electron chi connectivity index (χ2n) is 6.55. The standard InChI is InChI=1S/C19H16F4N4O2/c20-12-4-6-13(7-5-12)26-8-10-27(11-9-26)18(28)24-14-2-1-3-15-16(14)25-17(29-15)19(21,22)23/h1-7H,8-11H2,(H,24,28). The number of nitrogens with zero attached hydrogens (tertiary/aromatic N) is 3. The third-order valence-electron chi connectivity index (χ3n) is 4.66. The molecule has 1 aliphatic rings. The second-order valence-corrected chi connectivity index (χ2v) is 6.55. The minimum Gasteiger partial charge on any atom is -0.433 e. The Morgan fingerprint density at radius 1 is 1.03 bits per heavy atom. The number of para-hydroxylation sites is 1. The molecule has 3 aromatic rings. The first-order chi connectivity index (χ1) is 13.8. The number of oxazole rings is 1. The van der Waals surface area contributed by atoms with E-state index >= 15 is 0 Å². The maximum atomic E-state index is 13.1. The van der Waals surface area contributed by atoms with Crippen molar-refractivity contribution in [3.05, 3.63) is 54.2 Å². The highest BCUT2D eigenvalue weighted by Crippen LogP contribution is 2.33. The third-order valence-corrected chi connectivity index (χ3v) is 4.66. The summed E-state index contributed by atoms with van der Waals surface area (Å²) in [5, 5.41) is 2.61. The fraction of sp³-hybridized carbons (Fsp3) is 0.263. The van der Waals surface area contributed by atoms with Crippen LogP contribution in [0.1, 0.15) is 5.89 Å². The van der Waals surface area contributed by atoms with E-state index in [0.717, 1.165) is 5.69 Å². The number of urea groups is 1. The van der Waals surface area contributed by atoms with E-state index in [0.29, 0.717) is 26.2 Å². The number of anilines is 2. The van der Waals surface area contributed by atoms with E-state index in [2.05, 4.69) is 10.3 Å². The number of carbonyl (C=O) groups is 1. The number of fused-ring (bicyclic) bond motifs is 1. The number of carbonyl (C=O) groups excluding carboxylic acids is 1. The van der Waals surface area contributed by atoms with Crippen molar-refractivity contribution in [3.8, 4) is 0 Å². The lowest BCUT2D eigenvalue weighted by Gasteiger charge is -2.36. The Hall–Kier alpha value is -3.30. The van der Waals surface area contributed by atoms with E-state index in [9.17, 15) is 22.4 Å². The number of amides is 2. The molecule has 0 unspecified atom stereocenters. The van der Waals surface area contributed by atoms with Gasteiger partial charge in [-0.2, -0.15) is 13.2 Å². The van der Waals surface area contributed by atoms with Crippen LogP contribution < -0.4 is 10.2 Å². The molecule has 0 radical (unpaired) electrons. The summed E-state index contributed by atoms with van der Waals surface area (Å²) >= 11 is 0. The number of piperazine rings is 1. The first kappa shape index (κ1) is 19.0. The Morgan fingerprint density at radius 2 is 1.72 bits per heavy atom. The van der Waals surface area contributed by atoms with Crippen LogP contribution >= 0.6 is 0 Å². The van der Waals surface area contributed by atoms with Crippen molar-refractivity contribution in [3.63, 3.8) is 0 Å². The minimum atomic E-state index is -4.71. The first-order valence-corrected chi connectivity index (χ1v) is 8.84. The average Bonchev–Trinajstić information content (AvgIpc) is 3.15. The normalized spacial score (nSPS) is 15.0. The number of hydrogen-bond donors (Lipinski definition) is 1. The molecule has 2 heterocycles. The molecule has 0 bridgehead atoms. The molecule has 1 aliphatic heterocycles. The molecule has 0 aliphatic carbocycles. The van der Waals surface area contributed by atoms with Crippen LogP contribution in [0, 0.1) is 5.82 Å². The van der Waals surface area contributed by atoms with Crippen molar-refractivity contribution in [2.45, 2.75) is 6.18 Å². The summed E-state index contributed by atoms with van der Waals surface area (Å²) in [6, 6.07) is 9.98. The number of nitrogens with one attached hydrogen (secondary N) is 1. The fourth-order valence-corrected chi connectivity index (χ4v) is 3.18. The summed E-state index contributed by atoms with van der Waals surface area (Å²) in [6.07, 6.45) is -4.71. The zero-order valence-corrected chi connectivity index (χ0v) is 15.0. The molecule has 0 atom stereocenters. The summed E-state index contributed by atoms with van der Waals surface area (Å²) in [7, 11) is 0. The monoisotopic (exact) mass is 408 g/mol. The van der Waals surface area contributed by atoms with Crippen LogP contribution in [0.25, 0.3) is 11.1 Å². The molecule has 152 valence electrons. The summed E-state index contributed by atoms with van der Waals surface area (Å²) in [5.41, 5.74) is 0.889. The number of rotatable bonds is 2. The van der Waals surface area contributed by atoms with Gasteiger partial charge < -0.3 is 19.5 Å². The average molecular weight is 408 g/mol. The molecule has 1 aromatic heterocycles. The molecule has 4 rings (SSSR count). The van der Waals surface area contributed by atoms with Crippen molar-refractivity contribution in [1.29, 1.82) is 0 Å². The van der Waals surface area contributed by atoms with E-state index in [4.69, 9.17) is 4.42 Å². The molecule has 2 aromatic carbocycles. The minimum absolute atomic E-state index is 0.0573. The largest absolute Gasteiger partial charge is 0.468 e. The highest BCUT2D eigenvalue weighted by atomic mass is 19.4. The quantitative estimate of drug-likeness (QED) is 0.641. The van der Waals surface area contributed by atoms with E-state index in [1.807, 2.05) is 4.90 Å². The van der Waals surface area contributed by atoms with Gasteiger partial charge in [-0.1, -0.05) is 6.07 Å². The topological polar surface area (TPSA) is 61.6 Å². The number of halogens is 4. The van der Waals surface area contributed by atoms with Crippen LogP contribution in [-0.2, 0) is 6.18 Å². The van der Waals surface area contributed by atoms with Crippen molar-refractivity contribution in [2.24, 2.45) is 0 Å². The van der Waals surface area contributed by atoms with E-state index < -0.39 is 18.1 Å². The predicted octanol–water partition coefficient (Wildman–Crippen LogP) is 4.34. The molecule has 1 saturated heterocycles. The predicted molar refractivity (Wildman–Crippen MR) is 98.2 cm³/mol. The summed E-state index contributed by atoms with van der Waals surface area (Å²) < 4.78 is 56.3. The molecule has 2 amide bonds. The van der Waals surface area contributed by atoms with Gasteiger partial charge in [0.1, 0.15) is 11.3 Å². The van der Waals surface area contributed by atoms with Crippen molar-refractivity contribution >= 4 is 28.5 Å². The maximum absolute atomic E-state index is 13.1. The van der Waals surface area contributed by atoms with Gasteiger partial charge in [-0.15, -0.1) is 0 Å². The molecule has 10 heteroatoms. The Balaban J connectivity index is 1.44. The summed E-state index contributed by atoms with van der Waals surface area (Å²) in [5.74, 6) is -1.68. The van der Waals surface area contributed by atoms with Gasteiger partial charge in [-0.25, -0.2) is 14.2 Å². The molecule has 1 fully saturated rings. The van der Waals surface area contributed by atoms with Gasteiger partial charge in [-0.3, -0.25) is 0 Å². The first-order valence-electron chi connectivity index (χ1n) is 8.84. The van der Waals surface area contributed by atoms with Gasteiger partial charge in [0.15, 0.2) is 5.58 Å². The fourth-order valence-electron chi connectivity index (χ4n) is 3.18. The van der Waals surface area contributed by atoms with Crippen molar-refractivity contribution in [1.82, 2.24) is 9.88 Å². The van der Waals surface area contributed by atoms with Crippen molar-refractivity contribution in [2.75, 3.05) is 36.4 Å². The molecular formula is C19H16F4N4O2. The lowest BCUT2D eigenvalue weighted by Crippen LogP contribution is -2.50. The number of alkyl halides is 3. The Labute approximate surface area is 162 Å². The van der Waals surface area contributed by atoms with Gasteiger partial charge in [-0.05, 0) is 36.4 Å². The van der Waals surface area contributed by atoms with Crippen LogP contribution in [0.5, 0.6) is 0 Å². The lowest BCUT2D eigenvalue weighted by atomic mass is 10.2. The highest BCUT2D eigenvalue weighted by Gasteiger charge is 2.38. The van der Waals surface area contributed by atoms with Gasteiger partial charge in [0.05, 0.1) is 5.69 Å². The molecule has 29 heavy (non-hydrogen) atoms. The maximum Gasteiger partial charge on any atom is 0.468 e. The Kier molecular flexibility index (Phi) is 4.77. The molecule has 0 spiro atoms. The SMILES string of the molecule is O=C(Nc1cccc2oc(C(F)(F)F)nc12)N1CCN(c2ccc(F)cc2)CC1. The zero-order valence-electron chi connectivity index (χ0n) is 15.0. The molecule has 1 N–H and O–H groups in total. The van der Waals surface area contributed by atoms with Crippen LogP contribution in [0.3, 0.4) is 0 Å². The van der Waals surface area contributed by atoms with E-state index in [-0.39, 0.29) is 22.6 Å². The molecule has 6 nitrogen and oxygen atoms in total.